The second-order valence-corrected chi connectivity index (χ2v) is 17.6. The monoisotopic (exact) mass is 448 g/mol. The summed E-state index contributed by atoms with van der Waals surface area (Å²) >= 11 is 0. The molecule has 0 aromatic rings. The Hall–Kier alpha value is -1.08. The maximum Gasteiger partial charge on any atom is 0.508 e. The molecule has 2 heterocycles. The van der Waals surface area contributed by atoms with Gasteiger partial charge in [0.15, 0.2) is 28.8 Å². The van der Waals surface area contributed by atoms with Gasteiger partial charge in [0.2, 0.25) is 0 Å². The van der Waals surface area contributed by atoms with Crippen LogP contribution in [0.4, 0.5) is 4.79 Å². The van der Waals surface area contributed by atoms with E-state index >= 15 is 0 Å². The van der Waals surface area contributed by atoms with E-state index in [0.717, 1.165) is 24.9 Å². The lowest BCUT2D eigenvalue weighted by Gasteiger charge is -2.34. The fraction of sp³-hybridized carbons (Fsp3) is 0.842. The van der Waals surface area contributed by atoms with Crippen LogP contribution in [-0.2, 0) is 32.5 Å². The molecule has 0 saturated carbocycles. The highest BCUT2D eigenvalue weighted by atomic mass is 28.4. The van der Waals surface area contributed by atoms with Gasteiger partial charge < -0.3 is 32.5 Å². The normalized spacial score (nSPS) is 22.2. The molecule has 0 aliphatic carbocycles. The van der Waals surface area contributed by atoms with Gasteiger partial charge in [0.25, 0.3) is 5.95 Å². The Morgan fingerprint density at radius 2 is 1.41 bits per heavy atom. The van der Waals surface area contributed by atoms with E-state index in [0.29, 0.717) is 39.0 Å². The first-order chi connectivity index (χ1) is 13.7. The summed E-state index contributed by atoms with van der Waals surface area (Å²) in [7, 11) is -3.48. The minimum Gasteiger partial charge on any atom is -0.462 e. The molecule has 8 nitrogen and oxygen atoms in total. The molecule has 0 aromatic carbocycles. The predicted octanol–water partition coefficient (Wildman–Crippen LogP) is 3.65. The Kier molecular flexibility index (Phi) is 9.47. The van der Waals surface area contributed by atoms with Crippen molar-refractivity contribution < 1.29 is 37.3 Å². The fourth-order valence-corrected chi connectivity index (χ4v) is 12.2. The van der Waals surface area contributed by atoms with Crippen LogP contribution in [0, 0.1) is 0 Å². The number of carbonyl (C=O) groups is 1. The maximum absolute atomic E-state index is 10.9. The number of hydrogen-bond donors (Lipinski definition) is 0. The van der Waals surface area contributed by atoms with Gasteiger partial charge in [0.05, 0.1) is 13.2 Å². The molecular formula is C19H36O8Si2. The van der Waals surface area contributed by atoms with E-state index in [-0.39, 0.29) is 18.8 Å². The summed E-state index contributed by atoms with van der Waals surface area (Å²) in [6.07, 6.45) is 1.02. The average Bonchev–Trinajstić information content (AvgIpc) is 3.21. The summed E-state index contributed by atoms with van der Waals surface area (Å²) in [5.74, 6) is 0.383. The van der Waals surface area contributed by atoms with Gasteiger partial charge >= 0.3 is 6.16 Å². The zero-order valence-corrected chi connectivity index (χ0v) is 20.2. The Morgan fingerprint density at radius 1 is 0.897 bits per heavy atom. The lowest BCUT2D eigenvalue weighted by atomic mass is 10.4. The molecule has 2 aliphatic heterocycles. The van der Waals surface area contributed by atoms with Crippen molar-refractivity contribution >= 4 is 22.8 Å². The van der Waals surface area contributed by atoms with Gasteiger partial charge in [-0.15, -0.1) is 0 Å². The second kappa shape index (κ2) is 11.4. The summed E-state index contributed by atoms with van der Waals surface area (Å²) in [6, 6.07) is 2.12. The molecule has 0 aromatic heterocycles. The van der Waals surface area contributed by atoms with E-state index in [1.165, 1.54) is 0 Å². The molecule has 29 heavy (non-hydrogen) atoms. The van der Waals surface area contributed by atoms with Gasteiger partial charge in [-0.2, -0.15) is 0 Å². The number of cyclic esters (lactones) is 2. The van der Waals surface area contributed by atoms with E-state index in [1.54, 1.807) is 0 Å². The van der Waals surface area contributed by atoms with E-state index < -0.39 is 22.8 Å². The third kappa shape index (κ3) is 9.99. The van der Waals surface area contributed by atoms with E-state index in [4.69, 9.17) is 32.5 Å². The van der Waals surface area contributed by atoms with Gasteiger partial charge in [-0.1, -0.05) is 0 Å². The molecular weight excluding hydrogens is 412 g/mol. The topological polar surface area (TPSA) is 81.7 Å². The molecule has 2 unspecified atom stereocenters. The summed E-state index contributed by atoms with van der Waals surface area (Å²) in [4.78, 5) is 10.9. The molecule has 2 fully saturated rings. The third-order valence-electron chi connectivity index (χ3n) is 4.67. The van der Waals surface area contributed by atoms with Crippen molar-refractivity contribution in [2.75, 3.05) is 39.6 Å². The van der Waals surface area contributed by atoms with Crippen LogP contribution in [0.15, 0.2) is 12.5 Å². The molecule has 168 valence electrons. The van der Waals surface area contributed by atoms with E-state index in [1.807, 2.05) is 0 Å². The summed E-state index contributed by atoms with van der Waals surface area (Å²) in [5.41, 5.74) is 0. The van der Waals surface area contributed by atoms with Crippen LogP contribution in [0.3, 0.4) is 0 Å². The Morgan fingerprint density at radius 3 is 1.86 bits per heavy atom. The summed E-state index contributed by atoms with van der Waals surface area (Å²) < 4.78 is 38.2. The van der Waals surface area contributed by atoms with Crippen molar-refractivity contribution in [1.82, 2.24) is 0 Å². The van der Waals surface area contributed by atoms with Crippen molar-refractivity contribution in [2.45, 2.75) is 63.3 Å². The van der Waals surface area contributed by atoms with Crippen molar-refractivity contribution in [3.63, 3.8) is 0 Å². The minimum absolute atomic E-state index is 0.0363. The van der Waals surface area contributed by atoms with Crippen LogP contribution in [0.2, 0.25) is 38.3 Å². The maximum atomic E-state index is 10.9. The minimum atomic E-state index is -1.74. The zero-order valence-electron chi connectivity index (χ0n) is 18.2. The first-order valence-electron chi connectivity index (χ1n) is 10.3. The Balaban J connectivity index is 1.51. The first kappa shape index (κ1) is 24.2. The van der Waals surface area contributed by atoms with Gasteiger partial charge in [0, 0.05) is 13.2 Å². The van der Waals surface area contributed by atoms with Crippen LogP contribution in [0.5, 0.6) is 0 Å². The quantitative estimate of drug-likeness (QED) is 0.226. The largest absolute Gasteiger partial charge is 0.508 e. The van der Waals surface area contributed by atoms with Gasteiger partial charge in [0.1, 0.15) is 13.2 Å². The average molecular weight is 449 g/mol. The van der Waals surface area contributed by atoms with Crippen LogP contribution in [0.1, 0.15) is 12.8 Å². The molecule has 0 spiro atoms. The number of ether oxygens (including phenoxy) is 6. The van der Waals surface area contributed by atoms with Crippen molar-refractivity contribution in [3.05, 3.63) is 12.5 Å². The smallest absolute Gasteiger partial charge is 0.462 e. The van der Waals surface area contributed by atoms with Crippen LogP contribution < -0.4 is 0 Å². The fourth-order valence-electron chi connectivity index (χ4n) is 3.45. The molecule has 2 saturated heterocycles. The van der Waals surface area contributed by atoms with Crippen molar-refractivity contribution in [3.8, 4) is 0 Å². The molecule has 2 atom stereocenters. The lowest BCUT2D eigenvalue weighted by Crippen LogP contribution is -2.44. The second-order valence-electron chi connectivity index (χ2n) is 8.70. The van der Waals surface area contributed by atoms with Gasteiger partial charge in [-0.25, -0.2) is 4.79 Å². The predicted molar refractivity (Wildman–Crippen MR) is 113 cm³/mol. The van der Waals surface area contributed by atoms with Crippen LogP contribution >= 0.6 is 0 Å². The lowest BCUT2D eigenvalue weighted by molar-refractivity contribution is 0.0416. The number of carbonyl (C=O) groups excluding carboxylic acids is 1. The molecule has 0 radical (unpaired) electrons. The highest BCUT2D eigenvalue weighted by Crippen LogP contribution is 2.24. The molecule has 0 amide bonds. The van der Waals surface area contributed by atoms with Gasteiger partial charge in [-0.05, 0) is 57.7 Å². The molecule has 2 rings (SSSR count). The highest BCUT2D eigenvalue weighted by molar-refractivity contribution is 6.84. The first-order valence-corrected chi connectivity index (χ1v) is 16.6. The van der Waals surface area contributed by atoms with Crippen LogP contribution in [-0.4, -0.2) is 74.6 Å². The highest BCUT2D eigenvalue weighted by Gasteiger charge is 2.32. The summed E-state index contributed by atoms with van der Waals surface area (Å²) in [6.45, 7) is 15.8. The van der Waals surface area contributed by atoms with Crippen LogP contribution in [0.25, 0.3) is 0 Å². The molecule has 10 heteroatoms. The van der Waals surface area contributed by atoms with E-state index in [9.17, 15) is 4.79 Å². The standard InChI is InChI=1S/C19H36O8Si2/c1-16-23-14-17(25-16)12-21-8-6-10-28(2,3)27-29(4,5)11-7-9-22-13-18-15-24-19(20)26-18/h17-18H,1,6-15H2,2-5H3. The van der Waals surface area contributed by atoms with Crippen molar-refractivity contribution in [2.24, 2.45) is 0 Å². The van der Waals surface area contributed by atoms with E-state index in [2.05, 4.69) is 32.8 Å². The SMILES string of the molecule is C=C1OCC(COCCC[Si](C)(C)O[Si](C)(C)CCCOCC2COC(=O)O2)O1. The van der Waals surface area contributed by atoms with Gasteiger partial charge in [-0.3, -0.25) is 0 Å². The number of hydrogen-bond acceptors (Lipinski definition) is 8. The third-order valence-corrected chi connectivity index (χ3v) is 12.2. The number of rotatable bonds is 14. The molecule has 0 N–H and O–H groups in total. The molecule has 0 bridgehead atoms. The molecule has 2 aliphatic rings. The summed E-state index contributed by atoms with van der Waals surface area (Å²) in [5, 5.41) is 0. The Labute approximate surface area is 176 Å². The Bertz CT molecular complexity index is 494. The van der Waals surface area contributed by atoms with Crippen molar-refractivity contribution in [1.29, 1.82) is 0 Å². The zero-order chi connectivity index (χ0) is 21.3.